The van der Waals surface area contributed by atoms with E-state index < -0.39 is 0 Å². The van der Waals surface area contributed by atoms with E-state index in [0.29, 0.717) is 11.4 Å². The zero-order valence-electron chi connectivity index (χ0n) is 15.9. The predicted octanol–water partition coefficient (Wildman–Crippen LogP) is 6.00. The van der Waals surface area contributed by atoms with E-state index in [1.165, 1.54) is 0 Å². The van der Waals surface area contributed by atoms with Crippen LogP contribution in [0.1, 0.15) is 28.3 Å². The fraction of sp³-hybridized carbons (Fsp3) is 0.130. The number of halogens is 1. The van der Waals surface area contributed by atoms with E-state index in [4.69, 9.17) is 11.6 Å². The summed E-state index contributed by atoms with van der Waals surface area (Å²) in [6, 6.07) is 18.1. The number of nitriles is 1. The van der Waals surface area contributed by atoms with Crippen molar-refractivity contribution in [3.63, 3.8) is 0 Å². The van der Waals surface area contributed by atoms with Crippen molar-refractivity contribution in [1.29, 1.82) is 5.26 Å². The van der Waals surface area contributed by atoms with Crippen molar-refractivity contribution in [2.24, 2.45) is 0 Å². The van der Waals surface area contributed by atoms with Gasteiger partial charge in [0, 0.05) is 22.1 Å². The molecule has 4 nitrogen and oxygen atoms in total. The van der Waals surface area contributed by atoms with Crippen LogP contribution >= 0.6 is 11.6 Å². The molecule has 0 amide bonds. The molecule has 138 valence electrons. The number of aromatic nitrogens is 3. The molecule has 0 saturated carbocycles. The maximum absolute atomic E-state index is 9.71. The summed E-state index contributed by atoms with van der Waals surface area (Å²) in [5, 5.41) is 10.5. The zero-order valence-corrected chi connectivity index (χ0v) is 16.7. The van der Waals surface area contributed by atoms with Crippen LogP contribution in [0, 0.1) is 32.1 Å². The van der Waals surface area contributed by atoms with Gasteiger partial charge in [0.1, 0.15) is 11.9 Å². The van der Waals surface area contributed by atoms with Gasteiger partial charge in [-0.15, -0.1) is 0 Å². The molecule has 0 aliphatic rings. The van der Waals surface area contributed by atoms with Crippen LogP contribution in [0.2, 0.25) is 5.02 Å². The van der Waals surface area contributed by atoms with Crippen molar-refractivity contribution in [1.82, 2.24) is 14.5 Å². The van der Waals surface area contributed by atoms with Gasteiger partial charge in [-0.3, -0.25) is 0 Å². The van der Waals surface area contributed by atoms with Crippen LogP contribution in [0.25, 0.3) is 28.4 Å². The topological polar surface area (TPSA) is 57.4 Å². The van der Waals surface area contributed by atoms with Gasteiger partial charge < -0.3 is 9.55 Å². The van der Waals surface area contributed by atoms with Gasteiger partial charge in [0.05, 0.1) is 16.6 Å². The van der Waals surface area contributed by atoms with E-state index in [1.807, 2.05) is 63.2 Å². The van der Waals surface area contributed by atoms with Crippen molar-refractivity contribution in [3.8, 4) is 11.8 Å². The largest absolute Gasteiger partial charge is 0.337 e. The predicted molar refractivity (Wildman–Crippen MR) is 115 cm³/mol. The SMILES string of the molecule is Cc1ccc(-n2c(C)cc(C=C(C#N)c3nc4ccccc4[nH]3)c2C)cc1Cl. The fourth-order valence-corrected chi connectivity index (χ4v) is 3.62. The highest BCUT2D eigenvalue weighted by atomic mass is 35.5. The maximum Gasteiger partial charge on any atom is 0.149 e. The number of imidazole rings is 1. The number of para-hydroxylation sites is 2. The lowest BCUT2D eigenvalue weighted by Crippen LogP contribution is -1.99. The number of hydrogen-bond donors (Lipinski definition) is 1. The molecule has 0 radical (unpaired) electrons. The quantitative estimate of drug-likeness (QED) is 0.439. The molecule has 4 aromatic rings. The van der Waals surface area contributed by atoms with Crippen LogP contribution in [0.15, 0.2) is 48.5 Å². The van der Waals surface area contributed by atoms with Gasteiger partial charge in [-0.05, 0) is 68.3 Å². The minimum absolute atomic E-state index is 0.499. The number of rotatable bonds is 3. The van der Waals surface area contributed by atoms with E-state index in [2.05, 4.69) is 32.7 Å². The maximum atomic E-state index is 9.71. The summed E-state index contributed by atoms with van der Waals surface area (Å²) >= 11 is 6.32. The van der Waals surface area contributed by atoms with Crippen LogP contribution in [0.4, 0.5) is 0 Å². The Hall–Kier alpha value is -3.29. The van der Waals surface area contributed by atoms with Gasteiger partial charge in [0.15, 0.2) is 0 Å². The summed E-state index contributed by atoms with van der Waals surface area (Å²) in [5.41, 5.74) is 7.41. The normalized spacial score (nSPS) is 11.8. The highest BCUT2D eigenvalue weighted by Crippen LogP contribution is 2.27. The molecule has 5 heteroatoms. The van der Waals surface area contributed by atoms with E-state index in [0.717, 1.165) is 44.3 Å². The Labute approximate surface area is 168 Å². The number of aryl methyl sites for hydroxylation is 2. The lowest BCUT2D eigenvalue weighted by Gasteiger charge is -2.11. The molecule has 4 rings (SSSR count). The third kappa shape index (κ3) is 3.11. The third-order valence-corrected chi connectivity index (χ3v) is 5.36. The summed E-state index contributed by atoms with van der Waals surface area (Å²) < 4.78 is 2.14. The number of hydrogen-bond acceptors (Lipinski definition) is 2. The smallest absolute Gasteiger partial charge is 0.149 e. The number of benzene rings is 2. The van der Waals surface area contributed by atoms with Gasteiger partial charge in [0.2, 0.25) is 0 Å². The molecule has 2 aromatic heterocycles. The standard InChI is InChI=1S/C23H19ClN4/c1-14-8-9-19(12-20(14)24)28-15(2)10-17(16(28)3)11-18(13-25)23-26-21-6-4-5-7-22(21)27-23/h4-12H,1-3H3,(H,26,27). The molecule has 2 heterocycles. The summed E-state index contributed by atoms with van der Waals surface area (Å²) in [6.45, 7) is 6.08. The van der Waals surface area contributed by atoms with Gasteiger partial charge in [-0.2, -0.15) is 5.26 Å². The number of allylic oxidation sites excluding steroid dienone is 1. The van der Waals surface area contributed by atoms with Gasteiger partial charge >= 0.3 is 0 Å². The van der Waals surface area contributed by atoms with Crippen molar-refractivity contribution in [3.05, 3.63) is 81.9 Å². The third-order valence-electron chi connectivity index (χ3n) is 4.95. The van der Waals surface area contributed by atoms with Gasteiger partial charge in [-0.1, -0.05) is 29.8 Å². The van der Waals surface area contributed by atoms with Crippen LogP contribution in [0.5, 0.6) is 0 Å². The van der Waals surface area contributed by atoms with Gasteiger partial charge in [-0.25, -0.2) is 4.98 Å². The second-order valence-corrected chi connectivity index (χ2v) is 7.27. The molecule has 0 aliphatic carbocycles. The Balaban J connectivity index is 1.80. The molecule has 0 unspecified atom stereocenters. The molecule has 0 atom stereocenters. The van der Waals surface area contributed by atoms with Gasteiger partial charge in [0.25, 0.3) is 0 Å². The van der Waals surface area contributed by atoms with Crippen LogP contribution in [-0.4, -0.2) is 14.5 Å². The van der Waals surface area contributed by atoms with Crippen molar-refractivity contribution in [2.45, 2.75) is 20.8 Å². The Bertz CT molecular complexity index is 1230. The highest BCUT2D eigenvalue weighted by Gasteiger charge is 2.13. The molecule has 2 aromatic carbocycles. The number of fused-ring (bicyclic) bond motifs is 1. The Morgan fingerprint density at radius 2 is 1.93 bits per heavy atom. The summed E-state index contributed by atoms with van der Waals surface area (Å²) in [6.07, 6.45) is 1.88. The molecule has 1 N–H and O–H groups in total. The van der Waals surface area contributed by atoms with Crippen LogP contribution in [-0.2, 0) is 0 Å². The molecular weight excluding hydrogens is 368 g/mol. The average Bonchev–Trinajstić information content (AvgIpc) is 3.23. The number of aromatic amines is 1. The van der Waals surface area contributed by atoms with Crippen molar-refractivity contribution >= 4 is 34.3 Å². The summed E-state index contributed by atoms with van der Waals surface area (Å²) in [4.78, 5) is 7.77. The second-order valence-electron chi connectivity index (χ2n) is 6.87. The molecule has 0 saturated heterocycles. The average molecular weight is 387 g/mol. The first-order chi connectivity index (χ1) is 13.5. The lowest BCUT2D eigenvalue weighted by atomic mass is 10.1. The molecule has 0 spiro atoms. The van der Waals surface area contributed by atoms with E-state index in [1.54, 1.807) is 0 Å². The van der Waals surface area contributed by atoms with Crippen molar-refractivity contribution < 1.29 is 0 Å². The fourth-order valence-electron chi connectivity index (χ4n) is 3.44. The monoisotopic (exact) mass is 386 g/mol. The number of nitrogens with zero attached hydrogens (tertiary/aromatic N) is 3. The number of nitrogens with one attached hydrogen (secondary N) is 1. The molecule has 0 fully saturated rings. The van der Waals surface area contributed by atoms with E-state index >= 15 is 0 Å². The first-order valence-corrected chi connectivity index (χ1v) is 9.38. The zero-order chi connectivity index (χ0) is 19.8. The molecule has 0 aliphatic heterocycles. The highest BCUT2D eigenvalue weighted by molar-refractivity contribution is 6.31. The molecule has 28 heavy (non-hydrogen) atoms. The summed E-state index contributed by atoms with van der Waals surface area (Å²) in [7, 11) is 0. The van der Waals surface area contributed by atoms with E-state index in [-0.39, 0.29) is 0 Å². The first kappa shape index (κ1) is 18.1. The van der Waals surface area contributed by atoms with Crippen LogP contribution in [0.3, 0.4) is 0 Å². The van der Waals surface area contributed by atoms with Crippen molar-refractivity contribution in [2.75, 3.05) is 0 Å². The lowest BCUT2D eigenvalue weighted by molar-refractivity contribution is 0.963. The summed E-state index contributed by atoms with van der Waals surface area (Å²) in [5.74, 6) is 0.576. The molecular formula is C23H19ClN4. The van der Waals surface area contributed by atoms with Crippen LogP contribution < -0.4 is 0 Å². The Morgan fingerprint density at radius 1 is 1.14 bits per heavy atom. The minimum Gasteiger partial charge on any atom is -0.337 e. The first-order valence-electron chi connectivity index (χ1n) is 9.00. The second kappa shape index (κ2) is 7.03. The van der Waals surface area contributed by atoms with E-state index in [9.17, 15) is 5.26 Å². The minimum atomic E-state index is 0.499. The number of H-pyrrole nitrogens is 1. The Morgan fingerprint density at radius 3 is 2.64 bits per heavy atom. The Kier molecular flexibility index (Phi) is 4.54. The molecule has 0 bridgehead atoms.